The Bertz CT molecular complexity index is 1330. The Hall–Kier alpha value is -4.20. The zero-order chi connectivity index (χ0) is 36.0. The van der Waals surface area contributed by atoms with Crippen LogP contribution in [0.1, 0.15) is 83.3 Å². The number of carbonyl (C=O) groups is 6. The molecule has 1 heterocycles. The molecule has 1 aromatic carbocycles. The molecule has 2 rings (SSSR count). The quantitative estimate of drug-likeness (QED) is 0.0558. The highest BCUT2D eigenvalue weighted by molar-refractivity contribution is 6.27. The Morgan fingerprint density at radius 3 is 2.23 bits per heavy atom. The van der Waals surface area contributed by atoms with Gasteiger partial charge >= 0.3 is 5.97 Å². The minimum atomic E-state index is -1.20. The second-order valence-corrected chi connectivity index (χ2v) is 13.4. The molecule has 1 aliphatic heterocycles. The number of rotatable bonds is 18. The van der Waals surface area contributed by atoms with Crippen LogP contribution in [0.25, 0.3) is 0 Å². The summed E-state index contributed by atoms with van der Waals surface area (Å²) < 4.78 is 0. The lowest BCUT2D eigenvalue weighted by atomic mass is 9.86. The van der Waals surface area contributed by atoms with E-state index in [-0.39, 0.29) is 56.6 Å². The first-order valence-electron chi connectivity index (χ1n) is 16.2. The van der Waals surface area contributed by atoms with Gasteiger partial charge in [-0.1, -0.05) is 45.0 Å². The molecule has 0 radical (unpaired) electrons. The van der Waals surface area contributed by atoms with E-state index < -0.39 is 65.3 Å². The summed E-state index contributed by atoms with van der Waals surface area (Å²) in [7, 11) is 0. The molecule has 48 heavy (non-hydrogen) atoms. The summed E-state index contributed by atoms with van der Waals surface area (Å²) in [4.78, 5) is 82.1. The number of nitrogens with one attached hydrogen (secondary N) is 2. The maximum absolute atomic E-state index is 13.9. The third-order valence-corrected chi connectivity index (χ3v) is 8.55. The Morgan fingerprint density at radius 1 is 1.00 bits per heavy atom. The molecule has 0 aromatic heterocycles. The molecule has 14 nitrogen and oxygen atoms in total. The lowest BCUT2D eigenvalue weighted by Gasteiger charge is -2.37. The minimum absolute atomic E-state index is 0.0909. The molecule has 0 bridgehead atoms. The van der Waals surface area contributed by atoms with Crippen LogP contribution in [0.15, 0.2) is 29.3 Å². The fourth-order valence-corrected chi connectivity index (χ4v) is 5.67. The number of amides is 4. The van der Waals surface area contributed by atoms with Crippen molar-refractivity contribution in [2.75, 3.05) is 19.0 Å². The van der Waals surface area contributed by atoms with Crippen molar-refractivity contribution in [2.45, 2.75) is 102 Å². The SMILES string of the molecule is CC(C)(C)c1ccc(C[C@H](NC(=O)[C@@H]2CCCCN2C(=O)[C@H](CCC(=O)O)NC(=O)CCl)C(=O)C[C@@H](CCCN=C(N)N)C(N)=O)cc1. The van der Waals surface area contributed by atoms with Gasteiger partial charge in [-0.3, -0.25) is 33.8 Å². The second kappa shape index (κ2) is 19.0. The Morgan fingerprint density at radius 2 is 1.67 bits per heavy atom. The number of carbonyl (C=O) groups excluding carboxylic acids is 5. The van der Waals surface area contributed by atoms with Crippen molar-refractivity contribution in [1.82, 2.24) is 15.5 Å². The van der Waals surface area contributed by atoms with E-state index in [1.807, 2.05) is 24.3 Å². The van der Waals surface area contributed by atoms with Crippen LogP contribution in [0.3, 0.4) is 0 Å². The van der Waals surface area contributed by atoms with Gasteiger partial charge in [0.05, 0.1) is 6.04 Å². The summed E-state index contributed by atoms with van der Waals surface area (Å²) in [5.41, 5.74) is 18.1. The number of piperidine rings is 1. The number of alkyl halides is 1. The number of ketones is 1. The van der Waals surface area contributed by atoms with E-state index in [1.165, 1.54) is 4.90 Å². The number of aliphatic imine (C=N–C) groups is 1. The number of likely N-dealkylation sites (tertiary alicyclic amines) is 1. The number of Topliss-reactive ketones (excluding diaryl/α,β-unsaturated/α-hetero) is 1. The number of nitrogens with zero attached hydrogens (tertiary/aromatic N) is 2. The van der Waals surface area contributed by atoms with Crippen LogP contribution in [0.5, 0.6) is 0 Å². The Balaban J connectivity index is 2.35. The minimum Gasteiger partial charge on any atom is -0.481 e. The monoisotopic (exact) mass is 691 g/mol. The molecule has 0 unspecified atom stereocenters. The number of aliphatic carboxylic acids is 1. The molecule has 15 heteroatoms. The molecule has 0 saturated carbocycles. The molecule has 1 aromatic rings. The van der Waals surface area contributed by atoms with Crippen molar-refractivity contribution < 1.29 is 33.9 Å². The zero-order valence-corrected chi connectivity index (χ0v) is 28.8. The fraction of sp³-hybridized carbons (Fsp3) is 0.606. The zero-order valence-electron chi connectivity index (χ0n) is 28.0. The van der Waals surface area contributed by atoms with Crippen LogP contribution in [-0.4, -0.2) is 88.4 Å². The highest BCUT2D eigenvalue weighted by Gasteiger charge is 2.38. The Labute approximate surface area is 286 Å². The van der Waals surface area contributed by atoms with Gasteiger partial charge in [-0.15, -0.1) is 11.6 Å². The van der Waals surface area contributed by atoms with E-state index in [0.717, 1.165) is 11.1 Å². The van der Waals surface area contributed by atoms with E-state index in [9.17, 15) is 33.9 Å². The highest BCUT2D eigenvalue weighted by atomic mass is 35.5. The number of halogens is 1. The molecular weight excluding hydrogens is 642 g/mol. The largest absolute Gasteiger partial charge is 0.481 e. The first-order chi connectivity index (χ1) is 22.5. The number of hydrogen-bond donors (Lipinski definition) is 6. The molecule has 4 amide bonds. The standard InChI is InChI=1S/C33H50ClN7O7/c1-33(2,3)22-11-9-20(10-12-22)17-24(26(42)18-21(29(35)46)7-6-15-38-32(36)37)40-30(47)25-8-4-5-16-41(25)31(48)23(13-14-28(44)45)39-27(43)19-34/h9-12,21,23-25H,4-8,13-19H2,1-3H3,(H2,35,46)(H,39,43)(H,40,47)(H,44,45)(H4,36,37,38)/t21-,23+,24+,25+/m1/s1. The smallest absolute Gasteiger partial charge is 0.303 e. The van der Waals surface area contributed by atoms with Crippen molar-refractivity contribution in [1.29, 1.82) is 0 Å². The van der Waals surface area contributed by atoms with E-state index in [2.05, 4.69) is 36.4 Å². The van der Waals surface area contributed by atoms with Crippen LogP contribution < -0.4 is 27.8 Å². The van der Waals surface area contributed by atoms with Gasteiger partial charge in [-0.05, 0) is 61.5 Å². The molecule has 9 N–H and O–H groups in total. The first kappa shape index (κ1) is 40.0. The average Bonchev–Trinajstić information content (AvgIpc) is 3.02. The van der Waals surface area contributed by atoms with Crippen molar-refractivity contribution in [2.24, 2.45) is 28.1 Å². The second-order valence-electron chi connectivity index (χ2n) is 13.2. The fourth-order valence-electron chi connectivity index (χ4n) is 5.59. The third-order valence-electron chi connectivity index (χ3n) is 8.31. The van der Waals surface area contributed by atoms with Crippen LogP contribution >= 0.6 is 11.6 Å². The molecule has 1 aliphatic rings. The molecule has 1 fully saturated rings. The van der Waals surface area contributed by atoms with Crippen LogP contribution in [0.2, 0.25) is 0 Å². The maximum Gasteiger partial charge on any atom is 0.303 e. The molecule has 0 aliphatic carbocycles. The summed E-state index contributed by atoms with van der Waals surface area (Å²) in [6, 6.07) is 4.47. The van der Waals surface area contributed by atoms with Crippen molar-refractivity contribution in [3.05, 3.63) is 35.4 Å². The number of guanidine groups is 1. The molecule has 4 atom stereocenters. The van der Waals surface area contributed by atoms with Crippen LogP contribution in [0.4, 0.5) is 0 Å². The maximum atomic E-state index is 13.9. The normalized spacial score (nSPS) is 16.6. The number of carboxylic acid groups (broad SMARTS) is 1. The van der Waals surface area contributed by atoms with E-state index in [4.69, 9.17) is 28.8 Å². The summed E-state index contributed by atoms with van der Waals surface area (Å²) >= 11 is 5.62. The number of nitrogens with two attached hydrogens (primary N) is 3. The van der Waals surface area contributed by atoms with Gasteiger partial charge in [0.15, 0.2) is 11.7 Å². The topological polar surface area (TPSA) is 240 Å². The van der Waals surface area contributed by atoms with Gasteiger partial charge in [0.1, 0.15) is 18.0 Å². The van der Waals surface area contributed by atoms with Gasteiger partial charge in [-0.2, -0.15) is 0 Å². The summed E-state index contributed by atoms with van der Waals surface area (Å²) in [6.07, 6.45) is 1.51. The van der Waals surface area contributed by atoms with Crippen LogP contribution in [0, 0.1) is 5.92 Å². The van der Waals surface area contributed by atoms with Gasteiger partial charge in [-0.25, -0.2) is 0 Å². The lowest BCUT2D eigenvalue weighted by molar-refractivity contribution is -0.146. The van der Waals surface area contributed by atoms with Crippen molar-refractivity contribution >= 4 is 52.9 Å². The summed E-state index contributed by atoms with van der Waals surface area (Å²) in [5, 5.41) is 14.5. The summed E-state index contributed by atoms with van der Waals surface area (Å²) in [6.45, 7) is 6.69. The summed E-state index contributed by atoms with van der Waals surface area (Å²) in [5.74, 6) is -5.38. The number of hydrogen-bond acceptors (Lipinski definition) is 7. The van der Waals surface area contributed by atoms with Gasteiger partial charge < -0.3 is 37.8 Å². The van der Waals surface area contributed by atoms with Crippen LogP contribution in [-0.2, 0) is 40.6 Å². The van der Waals surface area contributed by atoms with E-state index in [0.29, 0.717) is 25.7 Å². The lowest BCUT2D eigenvalue weighted by Crippen LogP contribution is -2.59. The van der Waals surface area contributed by atoms with Gasteiger partial charge in [0, 0.05) is 31.8 Å². The van der Waals surface area contributed by atoms with E-state index >= 15 is 0 Å². The number of primary amides is 1. The first-order valence-corrected chi connectivity index (χ1v) is 16.7. The van der Waals surface area contributed by atoms with Crippen molar-refractivity contribution in [3.63, 3.8) is 0 Å². The van der Waals surface area contributed by atoms with Crippen molar-refractivity contribution in [3.8, 4) is 0 Å². The average molecular weight is 692 g/mol. The highest BCUT2D eigenvalue weighted by Crippen LogP contribution is 2.24. The number of benzene rings is 1. The molecular formula is C33H50ClN7O7. The Kier molecular flexibility index (Phi) is 15.8. The third kappa shape index (κ3) is 13.1. The number of carboxylic acids is 1. The van der Waals surface area contributed by atoms with E-state index in [1.54, 1.807) is 0 Å². The molecule has 0 spiro atoms. The van der Waals surface area contributed by atoms with Gasteiger partial charge in [0.2, 0.25) is 23.6 Å². The predicted octanol–water partition coefficient (Wildman–Crippen LogP) is 1.10. The molecule has 1 saturated heterocycles. The predicted molar refractivity (Wildman–Crippen MR) is 182 cm³/mol. The van der Waals surface area contributed by atoms with Gasteiger partial charge in [0.25, 0.3) is 0 Å². The molecule has 266 valence electrons.